The minimum atomic E-state index is 0.247. The largest absolute Gasteiger partial charge is 0.300 e. The van der Waals surface area contributed by atoms with Crippen LogP contribution in [0.15, 0.2) is 0 Å². The van der Waals surface area contributed by atoms with Crippen LogP contribution in [-0.2, 0) is 0 Å². The topological polar surface area (TPSA) is 15.3 Å². The fourth-order valence-corrected chi connectivity index (χ4v) is 1.73. The molecule has 78 valence electrons. The van der Waals surface area contributed by atoms with Gasteiger partial charge < -0.3 is 0 Å². The molecule has 1 aliphatic rings. The first kappa shape index (κ1) is 11.0. The Labute approximate surface area is 82.7 Å². The second-order valence-electron chi connectivity index (χ2n) is 5.24. The molecule has 0 amide bonds. The third-order valence-electron chi connectivity index (χ3n) is 2.75. The summed E-state index contributed by atoms with van der Waals surface area (Å²) in [5.74, 6) is 0. The summed E-state index contributed by atoms with van der Waals surface area (Å²) in [6.45, 7) is 11.3. The van der Waals surface area contributed by atoms with E-state index in [4.69, 9.17) is 0 Å². The van der Waals surface area contributed by atoms with Crippen LogP contribution in [0, 0.1) is 0 Å². The zero-order chi connectivity index (χ0) is 9.90. The number of hydrogen-bond donors (Lipinski definition) is 1. The molecule has 0 radical (unpaired) electrons. The quantitative estimate of drug-likeness (QED) is 0.708. The van der Waals surface area contributed by atoms with Crippen molar-refractivity contribution in [2.75, 3.05) is 13.2 Å². The van der Waals surface area contributed by atoms with Crippen LogP contribution in [0.2, 0.25) is 0 Å². The lowest BCUT2D eigenvalue weighted by atomic mass is 10.0. The summed E-state index contributed by atoms with van der Waals surface area (Å²) in [6.07, 6.45) is 4.15. The molecule has 1 fully saturated rings. The summed E-state index contributed by atoms with van der Waals surface area (Å²) >= 11 is 0. The van der Waals surface area contributed by atoms with E-state index < -0.39 is 0 Å². The Bertz CT molecular complexity index is 149. The van der Waals surface area contributed by atoms with Crippen LogP contribution in [0.25, 0.3) is 0 Å². The van der Waals surface area contributed by atoms with E-state index in [1.807, 2.05) is 0 Å². The van der Waals surface area contributed by atoms with E-state index in [1.54, 1.807) is 0 Å². The fraction of sp³-hybridized carbons (Fsp3) is 1.00. The maximum Gasteiger partial charge on any atom is 0.0487 e. The van der Waals surface area contributed by atoms with Gasteiger partial charge in [0.2, 0.25) is 0 Å². The Kier molecular flexibility index (Phi) is 3.74. The monoisotopic (exact) mass is 184 g/mol. The first-order chi connectivity index (χ1) is 5.99. The highest BCUT2D eigenvalue weighted by Gasteiger charge is 2.19. The van der Waals surface area contributed by atoms with Crippen molar-refractivity contribution >= 4 is 0 Å². The Balaban J connectivity index is 2.27. The fourth-order valence-electron chi connectivity index (χ4n) is 1.73. The second kappa shape index (κ2) is 4.43. The Morgan fingerprint density at radius 1 is 1.31 bits per heavy atom. The van der Waals surface area contributed by atoms with Gasteiger partial charge in [-0.2, -0.15) is 0 Å². The number of hydrogen-bond acceptors (Lipinski definition) is 2. The van der Waals surface area contributed by atoms with Gasteiger partial charge in [-0.15, -0.1) is 0 Å². The van der Waals surface area contributed by atoms with Crippen molar-refractivity contribution in [1.82, 2.24) is 10.2 Å². The van der Waals surface area contributed by atoms with Crippen LogP contribution in [0.3, 0.4) is 0 Å². The van der Waals surface area contributed by atoms with E-state index >= 15 is 0 Å². The zero-order valence-electron chi connectivity index (χ0n) is 9.56. The molecule has 0 aromatic heterocycles. The molecule has 1 heterocycles. The van der Waals surface area contributed by atoms with Gasteiger partial charge in [-0.3, -0.25) is 10.2 Å². The summed E-state index contributed by atoms with van der Waals surface area (Å²) in [6, 6.07) is 0.767. The molecule has 13 heavy (non-hydrogen) atoms. The first-order valence-corrected chi connectivity index (χ1v) is 5.48. The molecule has 2 heteroatoms. The molecule has 1 rings (SSSR count). The molecule has 2 nitrogen and oxygen atoms in total. The predicted octanol–water partition coefficient (Wildman–Crippen LogP) is 2.21. The van der Waals surface area contributed by atoms with Gasteiger partial charge >= 0.3 is 0 Å². The van der Waals surface area contributed by atoms with Crippen LogP contribution >= 0.6 is 0 Å². The molecular formula is C11H24N2. The number of nitrogens with one attached hydrogen (secondary N) is 1. The highest BCUT2D eigenvalue weighted by Crippen LogP contribution is 2.15. The molecule has 0 spiro atoms. The van der Waals surface area contributed by atoms with E-state index in [1.165, 1.54) is 25.8 Å². The van der Waals surface area contributed by atoms with Crippen LogP contribution in [0.4, 0.5) is 0 Å². The molecular weight excluding hydrogens is 160 g/mol. The predicted molar refractivity (Wildman–Crippen MR) is 57.8 cm³/mol. The van der Waals surface area contributed by atoms with Crippen molar-refractivity contribution in [3.63, 3.8) is 0 Å². The van der Waals surface area contributed by atoms with Gasteiger partial charge in [0, 0.05) is 18.2 Å². The summed E-state index contributed by atoms with van der Waals surface area (Å²) < 4.78 is 0. The van der Waals surface area contributed by atoms with Crippen molar-refractivity contribution in [2.45, 2.75) is 58.5 Å². The first-order valence-electron chi connectivity index (χ1n) is 5.48. The lowest BCUT2D eigenvalue weighted by Crippen LogP contribution is -2.48. The van der Waals surface area contributed by atoms with Crippen LogP contribution in [0.5, 0.6) is 0 Å². The average Bonchev–Trinajstić information content (AvgIpc) is 2.01. The molecule has 1 atom stereocenters. The van der Waals surface area contributed by atoms with Crippen molar-refractivity contribution in [1.29, 1.82) is 0 Å². The van der Waals surface area contributed by atoms with E-state index in [-0.39, 0.29) is 5.54 Å². The standard InChI is InChI=1S/C11H24N2/c1-10-7-5-6-8-13(10)9-12-11(2,3)4/h10,12H,5-9H2,1-4H3. The number of nitrogens with zero attached hydrogens (tertiary/aromatic N) is 1. The minimum Gasteiger partial charge on any atom is -0.300 e. The number of likely N-dealkylation sites (tertiary alicyclic amines) is 1. The van der Waals surface area contributed by atoms with Crippen molar-refractivity contribution < 1.29 is 0 Å². The Morgan fingerprint density at radius 3 is 2.54 bits per heavy atom. The Hall–Kier alpha value is -0.0800. The zero-order valence-corrected chi connectivity index (χ0v) is 9.56. The van der Waals surface area contributed by atoms with Crippen LogP contribution < -0.4 is 5.32 Å². The van der Waals surface area contributed by atoms with Crippen molar-refractivity contribution in [2.24, 2.45) is 0 Å². The minimum absolute atomic E-state index is 0.247. The maximum absolute atomic E-state index is 3.55. The third-order valence-corrected chi connectivity index (χ3v) is 2.75. The van der Waals surface area contributed by atoms with Gasteiger partial charge in [0.1, 0.15) is 0 Å². The lowest BCUT2D eigenvalue weighted by Gasteiger charge is -2.35. The molecule has 0 bridgehead atoms. The SMILES string of the molecule is CC1CCCCN1CNC(C)(C)C. The van der Waals surface area contributed by atoms with E-state index in [0.717, 1.165) is 12.7 Å². The highest BCUT2D eigenvalue weighted by atomic mass is 15.3. The lowest BCUT2D eigenvalue weighted by molar-refractivity contribution is 0.134. The van der Waals surface area contributed by atoms with Gasteiger partial charge in [-0.1, -0.05) is 6.42 Å². The maximum atomic E-state index is 3.55. The second-order valence-corrected chi connectivity index (χ2v) is 5.24. The molecule has 0 saturated carbocycles. The molecule has 1 aliphatic heterocycles. The van der Waals surface area contributed by atoms with Crippen LogP contribution in [0.1, 0.15) is 47.0 Å². The van der Waals surface area contributed by atoms with E-state index in [9.17, 15) is 0 Å². The van der Waals surface area contributed by atoms with Gasteiger partial charge in [-0.05, 0) is 47.1 Å². The highest BCUT2D eigenvalue weighted by molar-refractivity contribution is 4.76. The third kappa shape index (κ3) is 4.10. The summed E-state index contributed by atoms with van der Waals surface area (Å²) in [5.41, 5.74) is 0.247. The molecule has 0 aromatic rings. The van der Waals surface area contributed by atoms with Gasteiger partial charge in [0.05, 0.1) is 0 Å². The number of piperidine rings is 1. The summed E-state index contributed by atoms with van der Waals surface area (Å²) in [5, 5.41) is 3.55. The Morgan fingerprint density at radius 2 is 2.00 bits per heavy atom. The van der Waals surface area contributed by atoms with Crippen LogP contribution in [-0.4, -0.2) is 29.7 Å². The molecule has 1 unspecified atom stereocenters. The van der Waals surface area contributed by atoms with Crippen molar-refractivity contribution in [3.8, 4) is 0 Å². The molecule has 1 saturated heterocycles. The molecule has 0 aromatic carbocycles. The normalized spacial score (nSPS) is 26.3. The van der Waals surface area contributed by atoms with E-state index in [2.05, 4.69) is 37.9 Å². The summed E-state index contributed by atoms with van der Waals surface area (Å²) in [4.78, 5) is 2.55. The summed E-state index contributed by atoms with van der Waals surface area (Å²) in [7, 11) is 0. The van der Waals surface area contributed by atoms with E-state index in [0.29, 0.717) is 0 Å². The van der Waals surface area contributed by atoms with Gasteiger partial charge in [0.15, 0.2) is 0 Å². The van der Waals surface area contributed by atoms with Gasteiger partial charge in [0.25, 0.3) is 0 Å². The molecule has 1 N–H and O–H groups in total. The smallest absolute Gasteiger partial charge is 0.0487 e. The average molecular weight is 184 g/mol. The number of rotatable bonds is 2. The van der Waals surface area contributed by atoms with Crippen molar-refractivity contribution in [3.05, 3.63) is 0 Å². The molecule has 0 aliphatic carbocycles. The van der Waals surface area contributed by atoms with Gasteiger partial charge in [-0.25, -0.2) is 0 Å².